The molecule has 0 radical (unpaired) electrons. The number of halogens is 1. The normalized spacial score (nSPS) is 25.7. The summed E-state index contributed by atoms with van der Waals surface area (Å²) in [4.78, 5) is 6.50. The smallest absolute Gasteiger partial charge is 0.165 e. The Bertz CT molecular complexity index is 755. The van der Waals surface area contributed by atoms with Crippen LogP contribution in [0.4, 0.5) is 10.2 Å². The molecule has 0 saturated carbocycles. The maximum atomic E-state index is 13.8. The summed E-state index contributed by atoms with van der Waals surface area (Å²) < 4.78 is 25.2. The van der Waals surface area contributed by atoms with Crippen LogP contribution in [0.15, 0.2) is 42.6 Å². The van der Waals surface area contributed by atoms with Crippen LogP contribution in [0.5, 0.6) is 5.75 Å². The van der Waals surface area contributed by atoms with E-state index in [-0.39, 0.29) is 17.5 Å². The minimum Gasteiger partial charge on any atom is -0.497 e. The highest BCUT2D eigenvalue weighted by molar-refractivity contribution is 5.37. The molecule has 0 bridgehead atoms. The third-order valence-corrected chi connectivity index (χ3v) is 5.27. The number of anilines is 1. The van der Waals surface area contributed by atoms with Gasteiger partial charge in [0.1, 0.15) is 5.75 Å². The number of nitrogens with one attached hydrogen (secondary N) is 1. The van der Waals surface area contributed by atoms with Crippen LogP contribution in [0.1, 0.15) is 18.4 Å². The van der Waals surface area contributed by atoms with Crippen molar-refractivity contribution >= 4 is 5.82 Å². The number of ether oxygens (including phenoxy) is 2. The molecular formula is C20H24FN3O2. The first-order valence-electron chi connectivity index (χ1n) is 9.02. The quantitative estimate of drug-likeness (QED) is 0.891. The summed E-state index contributed by atoms with van der Waals surface area (Å²) in [5.74, 6) is 0.869. The van der Waals surface area contributed by atoms with Crippen molar-refractivity contribution < 1.29 is 13.9 Å². The zero-order valence-electron chi connectivity index (χ0n) is 15.0. The van der Waals surface area contributed by atoms with E-state index in [0.717, 1.165) is 38.2 Å². The minimum atomic E-state index is -0.319. The average molecular weight is 357 g/mol. The Morgan fingerprint density at radius 2 is 2.19 bits per heavy atom. The van der Waals surface area contributed by atoms with Gasteiger partial charge in [0.2, 0.25) is 0 Å². The summed E-state index contributed by atoms with van der Waals surface area (Å²) in [6, 6.07) is 11.3. The van der Waals surface area contributed by atoms with Crippen LogP contribution in [-0.2, 0) is 11.3 Å². The molecule has 2 atom stereocenters. The molecule has 0 unspecified atom stereocenters. The lowest BCUT2D eigenvalue weighted by Gasteiger charge is -2.23. The first-order valence-corrected chi connectivity index (χ1v) is 9.02. The molecule has 5 nitrogen and oxygen atoms in total. The maximum absolute atomic E-state index is 13.8. The van der Waals surface area contributed by atoms with E-state index in [1.807, 2.05) is 12.1 Å². The van der Waals surface area contributed by atoms with Crippen molar-refractivity contribution in [3.63, 3.8) is 0 Å². The summed E-state index contributed by atoms with van der Waals surface area (Å²) in [7, 11) is 1.68. The van der Waals surface area contributed by atoms with Gasteiger partial charge in [0.05, 0.1) is 25.4 Å². The Labute approximate surface area is 153 Å². The molecule has 1 aromatic heterocycles. The third kappa shape index (κ3) is 3.66. The fraction of sp³-hybridized carbons (Fsp3) is 0.450. The molecule has 1 N–H and O–H groups in total. The highest BCUT2D eigenvalue weighted by Crippen LogP contribution is 2.36. The first-order chi connectivity index (χ1) is 12.7. The van der Waals surface area contributed by atoms with E-state index in [1.54, 1.807) is 19.4 Å². The molecule has 1 spiro atoms. The standard InChI is InChI=1S/C20H24FN3O2/c1-25-17-6-4-15(5-7-17)12-24-10-8-20(14-24)11-16(13-26-20)23-19-18(21)3-2-9-22-19/h2-7,9,16H,8,10-14H2,1H3,(H,22,23)/t16-,20-/m1/s1. The van der Waals surface area contributed by atoms with E-state index in [9.17, 15) is 4.39 Å². The molecule has 1 aromatic carbocycles. The largest absolute Gasteiger partial charge is 0.497 e. The summed E-state index contributed by atoms with van der Waals surface area (Å²) in [5, 5.41) is 3.19. The van der Waals surface area contributed by atoms with Crippen molar-refractivity contribution in [2.45, 2.75) is 31.0 Å². The summed E-state index contributed by atoms with van der Waals surface area (Å²) in [6.45, 7) is 3.41. The Morgan fingerprint density at radius 3 is 2.96 bits per heavy atom. The fourth-order valence-corrected chi connectivity index (χ4v) is 3.96. The molecule has 26 heavy (non-hydrogen) atoms. The van der Waals surface area contributed by atoms with Gasteiger partial charge in [0.25, 0.3) is 0 Å². The second-order valence-electron chi connectivity index (χ2n) is 7.18. The van der Waals surface area contributed by atoms with E-state index >= 15 is 0 Å². The number of nitrogens with zero attached hydrogens (tertiary/aromatic N) is 2. The minimum absolute atomic E-state index is 0.0975. The topological polar surface area (TPSA) is 46.6 Å². The highest BCUT2D eigenvalue weighted by Gasteiger charge is 2.45. The Balaban J connectivity index is 1.33. The van der Waals surface area contributed by atoms with Gasteiger partial charge in [-0.25, -0.2) is 9.37 Å². The van der Waals surface area contributed by atoms with Crippen LogP contribution in [0.2, 0.25) is 0 Å². The van der Waals surface area contributed by atoms with E-state index in [2.05, 4.69) is 27.3 Å². The number of likely N-dealkylation sites (tertiary alicyclic amines) is 1. The van der Waals surface area contributed by atoms with E-state index in [1.165, 1.54) is 11.6 Å². The average Bonchev–Trinajstić information content (AvgIpc) is 3.24. The van der Waals surface area contributed by atoms with Gasteiger partial charge in [-0.3, -0.25) is 4.90 Å². The number of aromatic nitrogens is 1. The lowest BCUT2D eigenvalue weighted by atomic mass is 9.97. The van der Waals surface area contributed by atoms with Crippen molar-refractivity contribution in [3.8, 4) is 5.75 Å². The predicted molar refractivity (Wildman–Crippen MR) is 97.8 cm³/mol. The SMILES string of the molecule is COc1ccc(CN2CC[C@@]3(C[C@@H](Nc4ncccc4F)CO3)C2)cc1. The number of rotatable bonds is 5. The van der Waals surface area contributed by atoms with Gasteiger partial charge in [0.15, 0.2) is 11.6 Å². The van der Waals surface area contributed by atoms with Crippen LogP contribution in [0.3, 0.4) is 0 Å². The van der Waals surface area contributed by atoms with Gasteiger partial charge in [-0.2, -0.15) is 0 Å². The molecule has 4 rings (SSSR count). The van der Waals surface area contributed by atoms with Crippen molar-refractivity contribution in [1.82, 2.24) is 9.88 Å². The van der Waals surface area contributed by atoms with Gasteiger partial charge >= 0.3 is 0 Å². The van der Waals surface area contributed by atoms with Crippen molar-refractivity contribution in [2.24, 2.45) is 0 Å². The Morgan fingerprint density at radius 1 is 1.35 bits per heavy atom. The molecule has 3 heterocycles. The molecule has 2 aliphatic heterocycles. The number of benzene rings is 1. The molecule has 2 fully saturated rings. The molecule has 138 valence electrons. The summed E-state index contributed by atoms with van der Waals surface area (Å²) >= 11 is 0. The van der Waals surface area contributed by atoms with Crippen LogP contribution < -0.4 is 10.1 Å². The lowest BCUT2D eigenvalue weighted by Crippen LogP contribution is -2.33. The Hall–Kier alpha value is -2.18. The molecule has 2 saturated heterocycles. The van der Waals surface area contributed by atoms with Crippen LogP contribution >= 0.6 is 0 Å². The lowest BCUT2D eigenvalue weighted by molar-refractivity contribution is 0.0120. The first kappa shape index (κ1) is 17.2. The highest BCUT2D eigenvalue weighted by atomic mass is 19.1. The number of pyridine rings is 1. The molecular weight excluding hydrogens is 333 g/mol. The van der Waals surface area contributed by atoms with Crippen molar-refractivity contribution in [1.29, 1.82) is 0 Å². The molecule has 0 aliphatic carbocycles. The van der Waals surface area contributed by atoms with E-state index in [0.29, 0.717) is 12.4 Å². The van der Waals surface area contributed by atoms with Gasteiger partial charge in [-0.15, -0.1) is 0 Å². The summed E-state index contributed by atoms with van der Waals surface area (Å²) in [6.07, 6.45) is 3.48. The van der Waals surface area contributed by atoms with Gasteiger partial charge in [-0.1, -0.05) is 12.1 Å². The fourth-order valence-electron chi connectivity index (χ4n) is 3.96. The van der Waals surface area contributed by atoms with Gasteiger partial charge in [-0.05, 0) is 36.2 Å². The zero-order chi connectivity index (χ0) is 18.0. The van der Waals surface area contributed by atoms with Crippen molar-refractivity contribution in [2.75, 3.05) is 32.1 Å². The zero-order valence-corrected chi connectivity index (χ0v) is 15.0. The Kier molecular flexibility index (Phi) is 4.78. The van der Waals surface area contributed by atoms with E-state index < -0.39 is 0 Å². The van der Waals surface area contributed by atoms with Crippen LogP contribution in [-0.4, -0.2) is 48.3 Å². The van der Waals surface area contributed by atoms with E-state index in [4.69, 9.17) is 9.47 Å². The summed E-state index contributed by atoms with van der Waals surface area (Å²) in [5.41, 5.74) is 1.14. The van der Waals surface area contributed by atoms with Crippen LogP contribution in [0, 0.1) is 5.82 Å². The van der Waals surface area contributed by atoms with Gasteiger partial charge in [0, 0.05) is 32.3 Å². The second kappa shape index (κ2) is 7.21. The number of hydrogen-bond acceptors (Lipinski definition) is 5. The molecule has 6 heteroatoms. The monoisotopic (exact) mass is 357 g/mol. The maximum Gasteiger partial charge on any atom is 0.165 e. The third-order valence-electron chi connectivity index (χ3n) is 5.27. The van der Waals surface area contributed by atoms with Crippen LogP contribution in [0.25, 0.3) is 0 Å². The number of methoxy groups -OCH3 is 1. The molecule has 2 aromatic rings. The number of hydrogen-bond donors (Lipinski definition) is 1. The molecule has 2 aliphatic rings. The molecule has 0 amide bonds. The van der Waals surface area contributed by atoms with Crippen molar-refractivity contribution in [3.05, 3.63) is 54.0 Å². The van der Waals surface area contributed by atoms with Gasteiger partial charge < -0.3 is 14.8 Å². The predicted octanol–water partition coefficient (Wildman–Crippen LogP) is 3.07. The second-order valence-corrected chi connectivity index (χ2v) is 7.18.